The summed E-state index contributed by atoms with van der Waals surface area (Å²) < 4.78 is 5.71. The number of carbonyl (C=O) groups is 1. The summed E-state index contributed by atoms with van der Waals surface area (Å²) in [6.07, 6.45) is 2.94. The molecule has 2 aromatic heterocycles. The summed E-state index contributed by atoms with van der Waals surface area (Å²) in [5.74, 6) is -0.349. The van der Waals surface area contributed by atoms with E-state index in [4.69, 9.17) is 4.74 Å². The number of fused-ring (bicyclic) bond motifs is 2. The molecular weight excluding hydrogens is 356 g/mol. The monoisotopic (exact) mass is 372 g/mol. The Morgan fingerprint density at radius 2 is 1.39 bits per heavy atom. The average molecular weight is 372 g/mol. The van der Waals surface area contributed by atoms with E-state index < -0.39 is 6.10 Å². The summed E-state index contributed by atoms with van der Waals surface area (Å²) in [7, 11) is 0. The van der Waals surface area contributed by atoms with Gasteiger partial charge in [-0.1, -0.05) is 24.3 Å². The largest absolute Gasteiger partial charge is 0.506 e. The highest BCUT2D eigenvalue weighted by Crippen LogP contribution is 2.46. The molecule has 1 aliphatic rings. The van der Waals surface area contributed by atoms with Crippen LogP contribution < -0.4 is 0 Å². The highest BCUT2D eigenvalue weighted by atomic mass is 16.5. The van der Waals surface area contributed by atoms with Gasteiger partial charge < -0.3 is 14.9 Å². The molecule has 28 heavy (non-hydrogen) atoms. The summed E-state index contributed by atoms with van der Waals surface area (Å²) >= 11 is 0. The number of pyridine rings is 2. The van der Waals surface area contributed by atoms with Crippen LogP contribution >= 0.6 is 0 Å². The molecule has 3 heterocycles. The molecule has 1 saturated heterocycles. The van der Waals surface area contributed by atoms with Gasteiger partial charge in [-0.3, -0.25) is 14.8 Å². The number of ether oxygens (including phenoxy) is 1. The molecule has 0 bridgehead atoms. The number of para-hydroxylation sites is 2. The third-order valence-electron chi connectivity index (χ3n) is 5.28. The molecule has 0 radical (unpaired) electrons. The maximum Gasteiger partial charge on any atom is 0.307 e. The first-order chi connectivity index (χ1) is 13.6. The van der Waals surface area contributed by atoms with Crippen molar-refractivity contribution >= 4 is 27.8 Å². The van der Waals surface area contributed by atoms with Crippen molar-refractivity contribution in [1.82, 2.24) is 9.97 Å². The Morgan fingerprint density at radius 1 is 0.821 bits per heavy atom. The molecule has 2 aromatic carbocycles. The maximum absolute atomic E-state index is 12.3. The lowest BCUT2D eigenvalue weighted by Gasteiger charge is -2.21. The fraction of sp³-hybridized carbons (Fsp3) is 0.136. The predicted molar refractivity (Wildman–Crippen MR) is 103 cm³/mol. The third-order valence-corrected chi connectivity index (χ3v) is 5.28. The van der Waals surface area contributed by atoms with Gasteiger partial charge in [0.2, 0.25) is 0 Å². The van der Waals surface area contributed by atoms with Crippen LogP contribution in [0.4, 0.5) is 0 Å². The summed E-state index contributed by atoms with van der Waals surface area (Å²) in [5.41, 5.74) is 2.65. The van der Waals surface area contributed by atoms with Crippen molar-refractivity contribution in [2.24, 2.45) is 0 Å². The fourth-order valence-electron chi connectivity index (χ4n) is 4.05. The van der Waals surface area contributed by atoms with Gasteiger partial charge >= 0.3 is 5.97 Å². The van der Waals surface area contributed by atoms with E-state index in [9.17, 15) is 15.0 Å². The molecule has 6 nitrogen and oxygen atoms in total. The second kappa shape index (κ2) is 6.20. The summed E-state index contributed by atoms with van der Waals surface area (Å²) in [6.45, 7) is 0. The molecule has 0 saturated carbocycles. The number of aromatic hydroxyl groups is 2. The zero-order chi connectivity index (χ0) is 19.3. The Labute approximate surface area is 160 Å². The Morgan fingerprint density at radius 3 is 2.04 bits per heavy atom. The number of nitrogens with zero attached hydrogens (tertiary/aromatic N) is 2. The number of benzene rings is 2. The molecule has 1 aliphatic heterocycles. The first-order valence-electron chi connectivity index (χ1n) is 8.96. The Balaban J connectivity index is 1.71. The van der Waals surface area contributed by atoms with Gasteiger partial charge in [0.15, 0.2) is 0 Å². The van der Waals surface area contributed by atoms with Gasteiger partial charge in [0.05, 0.1) is 6.42 Å². The summed E-state index contributed by atoms with van der Waals surface area (Å²) in [4.78, 5) is 20.8. The van der Waals surface area contributed by atoms with E-state index in [0.717, 1.165) is 21.9 Å². The highest BCUT2D eigenvalue weighted by molar-refractivity contribution is 5.90. The molecule has 4 aromatic rings. The van der Waals surface area contributed by atoms with Crippen molar-refractivity contribution < 1.29 is 19.7 Å². The van der Waals surface area contributed by atoms with Gasteiger partial charge in [0.1, 0.15) is 28.6 Å². The van der Waals surface area contributed by atoms with E-state index in [0.29, 0.717) is 11.0 Å². The first-order valence-corrected chi connectivity index (χ1v) is 8.96. The van der Waals surface area contributed by atoms with E-state index in [2.05, 4.69) is 9.97 Å². The van der Waals surface area contributed by atoms with Crippen molar-refractivity contribution in [2.75, 3.05) is 0 Å². The van der Waals surface area contributed by atoms with Crippen LogP contribution in [0.25, 0.3) is 21.8 Å². The summed E-state index contributed by atoms with van der Waals surface area (Å²) in [6, 6.07) is 14.1. The maximum atomic E-state index is 12.3. The van der Waals surface area contributed by atoms with Crippen LogP contribution in [0.1, 0.15) is 29.6 Å². The van der Waals surface area contributed by atoms with E-state index >= 15 is 0 Å². The van der Waals surface area contributed by atoms with E-state index in [1.54, 1.807) is 36.7 Å². The second-order valence-corrected chi connectivity index (χ2v) is 6.87. The van der Waals surface area contributed by atoms with Crippen LogP contribution in [0.3, 0.4) is 0 Å². The van der Waals surface area contributed by atoms with Crippen molar-refractivity contribution in [3.05, 3.63) is 72.1 Å². The Bertz CT molecular complexity index is 1140. The molecule has 5 rings (SSSR count). The van der Waals surface area contributed by atoms with Gasteiger partial charge in [-0.2, -0.15) is 0 Å². The minimum Gasteiger partial charge on any atom is -0.506 e. The molecule has 2 atom stereocenters. The van der Waals surface area contributed by atoms with Crippen molar-refractivity contribution in [3.8, 4) is 11.5 Å². The lowest BCUT2D eigenvalue weighted by molar-refractivity contribution is -0.141. The SMILES string of the molecule is O=C1C[C@H](c2ccnc3c(O)cccc23)[C@H](c2ccnc3c(O)cccc23)O1. The molecule has 138 valence electrons. The lowest BCUT2D eigenvalue weighted by Crippen LogP contribution is -2.08. The number of hydrogen-bond donors (Lipinski definition) is 2. The van der Waals surface area contributed by atoms with Crippen LogP contribution in [-0.2, 0) is 9.53 Å². The zero-order valence-electron chi connectivity index (χ0n) is 14.7. The van der Waals surface area contributed by atoms with Gasteiger partial charge in [-0.15, -0.1) is 0 Å². The second-order valence-electron chi connectivity index (χ2n) is 6.87. The molecule has 0 aliphatic carbocycles. The lowest BCUT2D eigenvalue weighted by atomic mass is 9.86. The molecule has 0 unspecified atom stereocenters. The van der Waals surface area contributed by atoms with Crippen LogP contribution in [0.5, 0.6) is 11.5 Å². The van der Waals surface area contributed by atoms with E-state index in [-0.39, 0.29) is 29.8 Å². The summed E-state index contributed by atoms with van der Waals surface area (Å²) in [5, 5.41) is 21.8. The Hall–Kier alpha value is -3.67. The van der Waals surface area contributed by atoms with E-state index in [1.165, 1.54) is 0 Å². The average Bonchev–Trinajstić information content (AvgIpc) is 3.09. The number of hydrogen-bond acceptors (Lipinski definition) is 6. The van der Waals surface area contributed by atoms with Crippen molar-refractivity contribution in [1.29, 1.82) is 0 Å². The van der Waals surface area contributed by atoms with Crippen molar-refractivity contribution in [2.45, 2.75) is 18.4 Å². The molecule has 1 fully saturated rings. The number of rotatable bonds is 2. The minimum absolute atomic E-state index is 0.0829. The van der Waals surface area contributed by atoms with Crippen LogP contribution in [0.2, 0.25) is 0 Å². The number of carbonyl (C=O) groups excluding carboxylic acids is 1. The normalized spacial score (nSPS) is 19.2. The number of phenols is 2. The number of cyclic esters (lactones) is 1. The number of phenolic OH excluding ortho intramolecular Hbond substituents is 2. The topological polar surface area (TPSA) is 92.5 Å². The number of esters is 1. The van der Waals surface area contributed by atoms with E-state index in [1.807, 2.05) is 24.3 Å². The molecular formula is C22H16N2O4. The van der Waals surface area contributed by atoms with Crippen LogP contribution in [0.15, 0.2) is 60.9 Å². The fourth-order valence-corrected chi connectivity index (χ4v) is 4.05. The quantitative estimate of drug-likeness (QED) is 0.517. The smallest absolute Gasteiger partial charge is 0.307 e. The first kappa shape index (κ1) is 16.5. The minimum atomic E-state index is -0.521. The predicted octanol–water partition coefficient (Wildman–Crippen LogP) is 3.97. The molecule has 2 N–H and O–H groups in total. The molecule has 6 heteroatoms. The van der Waals surface area contributed by atoms with Crippen LogP contribution in [-0.4, -0.2) is 26.2 Å². The molecule has 0 spiro atoms. The Kier molecular flexibility index (Phi) is 3.65. The highest BCUT2D eigenvalue weighted by Gasteiger charge is 2.39. The third kappa shape index (κ3) is 2.45. The molecule has 0 amide bonds. The van der Waals surface area contributed by atoms with Gasteiger partial charge in [0.25, 0.3) is 0 Å². The van der Waals surface area contributed by atoms with Crippen LogP contribution in [0, 0.1) is 0 Å². The number of aromatic nitrogens is 2. The van der Waals surface area contributed by atoms with Gasteiger partial charge in [-0.25, -0.2) is 0 Å². The van der Waals surface area contributed by atoms with Gasteiger partial charge in [-0.05, 0) is 29.8 Å². The van der Waals surface area contributed by atoms with Crippen molar-refractivity contribution in [3.63, 3.8) is 0 Å². The van der Waals surface area contributed by atoms with Gasteiger partial charge in [0, 0.05) is 34.6 Å². The zero-order valence-corrected chi connectivity index (χ0v) is 14.7. The standard InChI is InChI=1S/C22H16N2O4/c25-17-5-1-3-13-12(7-9-23-20(13)17)16-11-19(27)28-22(16)15-8-10-24-21-14(15)4-2-6-18(21)26/h1-10,16,22,25-26H,11H2/t16-,22+/m1/s1.